The molecule has 0 spiro atoms. The van der Waals surface area contributed by atoms with Gasteiger partial charge in [0.1, 0.15) is 17.3 Å². The minimum atomic E-state index is -3.35. The molecule has 24 heavy (non-hydrogen) atoms. The number of benzene rings is 1. The zero-order valence-electron chi connectivity index (χ0n) is 13.9. The Kier molecular flexibility index (Phi) is 5.86. The van der Waals surface area contributed by atoms with Crippen molar-refractivity contribution in [2.45, 2.75) is 13.3 Å². The quantitative estimate of drug-likeness (QED) is 0.760. The van der Waals surface area contributed by atoms with Gasteiger partial charge in [0.2, 0.25) is 10.0 Å². The van der Waals surface area contributed by atoms with Crippen LogP contribution in [0.2, 0.25) is 0 Å². The Balaban J connectivity index is 2.15. The van der Waals surface area contributed by atoms with Crippen LogP contribution in [0, 0.1) is 0 Å². The number of pyridine rings is 1. The van der Waals surface area contributed by atoms with E-state index in [2.05, 4.69) is 15.0 Å². The molecule has 0 unspecified atom stereocenters. The molecule has 0 atom stereocenters. The summed E-state index contributed by atoms with van der Waals surface area (Å²) in [5.74, 6) is 1.70. The Morgan fingerprint density at radius 1 is 1.12 bits per heavy atom. The molecule has 0 saturated carbocycles. The van der Waals surface area contributed by atoms with Crippen LogP contribution in [0.1, 0.15) is 13.3 Å². The molecule has 0 bridgehead atoms. The lowest BCUT2D eigenvalue weighted by Gasteiger charge is -2.13. The summed E-state index contributed by atoms with van der Waals surface area (Å²) in [7, 11) is -0.178. The number of anilines is 3. The van der Waals surface area contributed by atoms with Gasteiger partial charge in [-0.3, -0.25) is 4.72 Å². The van der Waals surface area contributed by atoms with Crippen LogP contribution >= 0.6 is 0 Å². The Morgan fingerprint density at radius 3 is 2.50 bits per heavy atom. The summed E-state index contributed by atoms with van der Waals surface area (Å²) in [5.41, 5.74) is 1.41. The number of ether oxygens (including phenoxy) is 2. The molecule has 0 amide bonds. The number of nitrogens with zero attached hydrogens (tertiary/aromatic N) is 1. The van der Waals surface area contributed by atoms with E-state index in [9.17, 15) is 8.42 Å². The highest BCUT2D eigenvalue weighted by molar-refractivity contribution is 7.92. The number of hydrogen-bond donors (Lipinski definition) is 2. The van der Waals surface area contributed by atoms with Crippen LogP contribution in [-0.2, 0) is 10.0 Å². The van der Waals surface area contributed by atoms with Crippen molar-refractivity contribution in [1.29, 1.82) is 0 Å². The maximum atomic E-state index is 11.7. The van der Waals surface area contributed by atoms with Crippen LogP contribution in [0.15, 0.2) is 36.5 Å². The van der Waals surface area contributed by atoms with Gasteiger partial charge in [0.15, 0.2) is 0 Å². The van der Waals surface area contributed by atoms with Crippen molar-refractivity contribution in [2.75, 3.05) is 30.0 Å². The van der Waals surface area contributed by atoms with Crippen molar-refractivity contribution in [3.63, 3.8) is 0 Å². The van der Waals surface area contributed by atoms with Crippen molar-refractivity contribution in [3.05, 3.63) is 36.5 Å². The second-order valence-electron chi connectivity index (χ2n) is 5.04. The van der Waals surface area contributed by atoms with Crippen molar-refractivity contribution in [1.82, 2.24) is 4.98 Å². The van der Waals surface area contributed by atoms with E-state index >= 15 is 0 Å². The average molecular weight is 351 g/mol. The smallest absolute Gasteiger partial charge is 0.233 e. The van der Waals surface area contributed by atoms with Gasteiger partial charge >= 0.3 is 0 Å². The molecule has 0 saturated heterocycles. The Labute approximate surface area is 142 Å². The number of rotatable bonds is 8. The third-order valence-electron chi connectivity index (χ3n) is 3.18. The summed E-state index contributed by atoms with van der Waals surface area (Å²) in [6.07, 6.45) is 2.09. The monoisotopic (exact) mass is 351 g/mol. The Morgan fingerprint density at radius 2 is 1.92 bits per heavy atom. The molecular formula is C16H21N3O4S. The first kappa shape index (κ1) is 17.9. The highest BCUT2D eigenvalue weighted by atomic mass is 32.2. The molecule has 1 aromatic heterocycles. The molecule has 8 heteroatoms. The molecule has 0 fully saturated rings. The molecule has 0 aliphatic heterocycles. The number of hydrogen-bond acceptors (Lipinski definition) is 6. The fourth-order valence-corrected chi connectivity index (χ4v) is 3.15. The normalized spacial score (nSPS) is 11.0. The van der Waals surface area contributed by atoms with Crippen LogP contribution < -0.4 is 19.5 Å². The molecule has 0 radical (unpaired) electrons. The highest BCUT2D eigenvalue weighted by Crippen LogP contribution is 2.31. The summed E-state index contributed by atoms with van der Waals surface area (Å²) >= 11 is 0. The average Bonchev–Trinajstić information content (AvgIpc) is 2.56. The lowest BCUT2D eigenvalue weighted by molar-refractivity contribution is 0.405. The van der Waals surface area contributed by atoms with Gasteiger partial charge in [0.05, 0.1) is 37.5 Å². The number of sulfonamides is 1. The standard InChI is InChI=1S/C16H21N3O4S/c1-4-9-24(20,21)19-16-8-5-12(11-17-16)18-14-10-13(22-2)6-7-15(14)23-3/h5-8,10-11,18H,4,9H2,1-3H3,(H,17,19). The van der Waals surface area contributed by atoms with E-state index in [-0.39, 0.29) is 11.6 Å². The molecule has 1 aromatic carbocycles. The predicted octanol–water partition coefficient (Wildman–Crippen LogP) is 2.99. The lowest BCUT2D eigenvalue weighted by atomic mass is 10.2. The minimum Gasteiger partial charge on any atom is -0.497 e. The van der Waals surface area contributed by atoms with Gasteiger partial charge in [-0.25, -0.2) is 13.4 Å². The number of nitrogens with one attached hydrogen (secondary N) is 2. The first-order valence-electron chi connectivity index (χ1n) is 7.43. The van der Waals surface area contributed by atoms with E-state index in [1.54, 1.807) is 57.7 Å². The second kappa shape index (κ2) is 7.87. The maximum absolute atomic E-state index is 11.7. The van der Waals surface area contributed by atoms with E-state index in [0.29, 0.717) is 23.6 Å². The Bertz CT molecular complexity index is 776. The van der Waals surface area contributed by atoms with E-state index in [1.807, 2.05) is 0 Å². The van der Waals surface area contributed by atoms with E-state index < -0.39 is 10.0 Å². The van der Waals surface area contributed by atoms with Crippen LogP contribution in [0.25, 0.3) is 0 Å². The first-order chi connectivity index (χ1) is 11.5. The fourth-order valence-electron chi connectivity index (χ4n) is 2.07. The highest BCUT2D eigenvalue weighted by Gasteiger charge is 2.10. The van der Waals surface area contributed by atoms with Crippen molar-refractivity contribution in [3.8, 4) is 11.5 Å². The van der Waals surface area contributed by atoms with Gasteiger partial charge in [0.25, 0.3) is 0 Å². The van der Waals surface area contributed by atoms with Crippen molar-refractivity contribution < 1.29 is 17.9 Å². The number of methoxy groups -OCH3 is 2. The SMILES string of the molecule is CCCS(=O)(=O)Nc1ccc(Nc2cc(OC)ccc2OC)cn1. The van der Waals surface area contributed by atoms with Gasteiger partial charge in [-0.1, -0.05) is 6.92 Å². The third-order valence-corrected chi connectivity index (χ3v) is 4.65. The van der Waals surface area contributed by atoms with Crippen LogP contribution in [-0.4, -0.2) is 33.4 Å². The number of aromatic nitrogens is 1. The summed E-state index contributed by atoms with van der Waals surface area (Å²) in [5, 5.41) is 3.17. The van der Waals surface area contributed by atoms with Crippen LogP contribution in [0.4, 0.5) is 17.2 Å². The Hall–Kier alpha value is -2.48. The molecule has 2 N–H and O–H groups in total. The lowest BCUT2D eigenvalue weighted by Crippen LogP contribution is -2.16. The molecule has 130 valence electrons. The molecule has 2 aromatic rings. The van der Waals surface area contributed by atoms with Gasteiger partial charge in [-0.05, 0) is 30.7 Å². The molecular weight excluding hydrogens is 330 g/mol. The fraction of sp³-hybridized carbons (Fsp3) is 0.312. The van der Waals surface area contributed by atoms with Crippen LogP contribution in [0.3, 0.4) is 0 Å². The largest absolute Gasteiger partial charge is 0.497 e. The molecule has 7 nitrogen and oxygen atoms in total. The first-order valence-corrected chi connectivity index (χ1v) is 9.08. The van der Waals surface area contributed by atoms with E-state index in [4.69, 9.17) is 9.47 Å². The van der Waals surface area contributed by atoms with Gasteiger partial charge in [-0.15, -0.1) is 0 Å². The predicted molar refractivity (Wildman–Crippen MR) is 94.8 cm³/mol. The zero-order chi connectivity index (χ0) is 17.6. The molecule has 0 aliphatic rings. The minimum absolute atomic E-state index is 0.0652. The van der Waals surface area contributed by atoms with Crippen LogP contribution in [0.5, 0.6) is 11.5 Å². The summed E-state index contributed by atoms with van der Waals surface area (Å²) < 4.78 is 36.4. The van der Waals surface area contributed by atoms with Crippen molar-refractivity contribution in [2.24, 2.45) is 0 Å². The van der Waals surface area contributed by atoms with E-state index in [0.717, 1.165) is 5.69 Å². The summed E-state index contributed by atoms with van der Waals surface area (Å²) in [6, 6.07) is 8.73. The molecule has 0 aliphatic carbocycles. The maximum Gasteiger partial charge on any atom is 0.233 e. The van der Waals surface area contributed by atoms with Crippen molar-refractivity contribution >= 4 is 27.2 Å². The van der Waals surface area contributed by atoms with Gasteiger partial charge in [-0.2, -0.15) is 0 Å². The summed E-state index contributed by atoms with van der Waals surface area (Å²) in [6.45, 7) is 1.81. The zero-order valence-corrected chi connectivity index (χ0v) is 14.7. The topological polar surface area (TPSA) is 89.6 Å². The second-order valence-corrected chi connectivity index (χ2v) is 6.89. The molecule has 1 heterocycles. The van der Waals surface area contributed by atoms with Gasteiger partial charge < -0.3 is 14.8 Å². The summed E-state index contributed by atoms with van der Waals surface area (Å²) in [4.78, 5) is 4.12. The van der Waals surface area contributed by atoms with E-state index in [1.165, 1.54) is 0 Å². The molecule has 2 rings (SSSR count). The third kappa shape index (κ3) is 4.76. The van der Waals surface area contributed by atoms with Gasteiger partial charge in [0, 0.05) is 6.07 Å².